The molecule has 2 fully saturated rings. The number of carboxylic acids is 1. The number of piperazine rings is 1. The van der Waals surface area contributed by atoms with Crippen LogP contribution in [0.25, 0.3) is 11.1 Å². The third-order valence-electron chi connectivity index (χ3n) is 8.14. The van der Waals surface area contributed by atoms with Gasteiger partial charge >= 0.3 is 5.97 Å². The number of nitrogens with one attached hydrogen (secondary N) is 1. The summed E-state index contributed by atoms with van der Waals surface area (Å²) >= 11 is 0.986. The number of nitrogens with two attached hydrogens (primary N) is 1. The van der Waals surface area contributed by atoms with Crippen molar-refractivity contribution in [3.8, 4) is 16.9 Å². The smallest absolute Gasteiger partial charge is 0.351 e. The van der Waals surface area contributed by atoms with Crippen LogP contribution in [0.1, 0.15) is 26.0 Å². The van der Waals surface area contributed by atoms with Crippen molar-refractivity contribution >= 4 is 56.1 Å². The van der Waals surface area contributed by atoms with Gasteiger partial charge in [0, 0.05) is 36.5 Å². The van der Waals surface area contributed by atoms with Gasteiger partial charge in [-0.25, -0.2) is 22.8 Å². The Morgan fingerprint density at radius 3 is 2.45 bits per heavy atom. The lowest BCUT2D eigenvalue weighted by molar-refractivity contribution is -0.658. The van der Waals surface area contributed by atoms with Crippen molar-refractivity contribution in [2.75, 3.05) is 43.4 Å². The summed E-state index contributed by atoms with van der Waals surface area (Å²) in [4.78, 5) is 49.5. The van der Waals surface area contributed by atoms with Gasteiger partial charge in [0.25, 0.3) is 17.8 Å². The predicted molar refractivity (Wildman–Crippen MR) is 174 cm³/mol. The summed E-state index contributed by atoms with van der Waals surface area (Å²) in [5.74, 6) is -2.74. The number of anilines is 2. The molecule has 262 valence electrons. The molecule has 49 heavy (non-hydrogen) atoms. The Morgan fingerprint density at radius 1 is 1.20 bits per heavy atom. The molecule has 0 spiro atoms. The van der Waals surface area contributed by atoms with Crippen molar-refractivity contribution in [2.45, 2.75) is 31.9 Å². The molecule has 3 aromatic rings. The van der Waals surface area contributed by atoms with Gasteiger partial charge in [-0.15, -0.1) is 11.3 Å². The zero-order chi connectivity index (χ0) is 35.5. The summed E-state index contributed by atoms with van der Waals surface area (Å²) < 4.78 is 45.0. The van der Waals surface area contributed by atoms with E-state index < -0.39 is 64.4 Å². The van der Waals surface area contributed by atoms with Crippen molar-refractivity contribution in [1.29, 1.82) is 0 Å². The van der Waals surface area contributed by atoms with Gasteiger partial charge in [-0.05, 0) is 37.6 Å². The highest BCUT2D eigenvalue weighted by atomic mass is 32.3. The number of β-lactam (4-membered cyclic amide) rings is 1. The van der Waals surface area contributed by atoms with Crippen LogP contribution >= 0.6 is 11.3 Å². The zero-order valence-corrected chi connectivity index (χ0v) is 28.4. The number of thiazole rings is 1. The van der Waals surface area contributed by atoms with Gasteiger partial charge < -0.3 is 30.3 Å². The Morgan fingerprint density at radius 2 is 1.88 bits per heavy atom. The van der Waals surface area contributed by atoms with E-state index in [1.807, 2.05) is 31.4 Å². The second-order valence-electron chi connectivity index (χ2n) is 11.9. The van der Waals surface area contributed by atoms with Crippen LogP contribution in [0.15, 0.2) is 53.1 Å². The normalized spacial score (nSPS) is 18.5. The van der Waals surface area contributed by atoms with E-state index in [-0.39, 0.29) is 10.8 Å². The standard InChI is InChI=1S/C30H35N7O10S2/c1-30(2)21(27(39)37(30)47-49(42,43)44)14-23(38)26(22-17-48-29(31)33-22)34-46-24(28(40)41)16-45-20-7-4-18(5-8-20)19-6-9-25(35(3)15-19)36-12-10-32-11-13-36/h4-9,15,17,21,24,32H,10-14,16H2,1-3H3,(H3-,31,33,40,41,42,43,44)/b34-26-/t21-,24?/m1/s1. The number of hydrogen-bond donors (Lipinski definition) is 3. The van der Waals surface area contributed by atoms with Crippen molar-refractivity contribution in [3.63, 3.8) is 0 Å². The van der Waals surface area contributed by atoms with Crippen LogP contribution in [0, 0.1) is 5.92 Å². The van der Waals surface area contributed by atoms with E-state index in [2.05, 4.69) is 35.3 Å². The molecule has 1 amide bonds. The third-order valence-corrected chi connectivity index (χ3v) is 9.15. The number of amides is 1. The molecular weight excluding hydrogens is 683 g/mol. The number of hydrogen-bond acceptors (Lipinski definition) is 15. The fraction of sp³-hybridized carbons (Fsp3) is 0.400. The van der Waals surface area contributed by atoms with Crippen LogP contribution in [0.3, 0.4) is 0 Å². The number of aromatic nitrogens is 2. The van der Waals surface area contributed by atoms with Crippen LogP contribution in [0.2, 0.25) is 0 Å². The average molecular weight is 718 g/mol. The molecule has 2 atom stereocenters. The Labute approximate surface area is 285 Å². The number of aliphatic carboxylic acids is 1. The molecule has 2 saturated heterocycles. The number of oxime groups is 1. The number of carboxylic acid groups (broad SMARTS) is 1. The van der Waals surface area contributed by atoms with E-state index >= 15 is 0 Å². The number of Topliss-reactive ketones (excluding diaryl/α,β-unsaturated/α-hetero) is 1. The SMILES string of the molecule is C[n+]1cc(-c2ccc(OCC(O/N=C(\C(=O)C[C@@H]3C(=O)N(OS(=O)(=O)[O-])C3(C)C)c3csc(N)n3)C(=O)O)cc2)ccc1N1CCNCC1. The average Bonchev–Trinajstić information content (AvgIpc) is 3.49. The molecule has 1 aromatic carbocycles. The molecule has 19 heteroatoms. The molecule has 5 rings (SSSR count). The van der Waals surface area contributed by atoms with E-state index in [1.54, 1.807) is 12.1 Å². The summed E-state index contributed by atoms with van der Waals surface area (Å²) in [6, 6.07) is 11.2. The summed E-state index contributed by atoms with van der Waals surface area (Å²) in [7, 11) is -3.24. The molecule has 2 aromatic heterocycles. The minimum absolute atomic E-state index is 0.0256. The Kier molecular flexibility index (Phi) is 10.5. The van der Waals surface area contributed by atoms with Gasteiger partial charge in [0.1, 0.15) is 18.1 Å². The van der Waals surface area contributed by atoms with Crippen molar-refractivity contribution in [3.05, 3.63) is 53.7 Å². The Bertz CT molecular complexity index is 1860. The lowest BCUT2D eigenvalue weighted by atomic mass is 9.74. The van der Waals surface area contributed by atoms with E-state index in [0.29, 0.717) is 10.8 Å². The minimum atomic E-state index is -5.24. The van der Waals surface area contributed by atoms with Crippen LogP contribution in [0.4, 0.5) is 10.9 Å². The summed E-state index contributed by atoms with van der Waals surface area (Å²) in [6.45, 7) is 6.05. The number of hydroxylamine groups is 2. The summed E-state index contributed by atoms with van der Waals surface area (Å²) in [6.07, 6.45) is -0.124. The van der Waals surface area contributed by atoms with E-state index in [4.69, 9.17) is 15.3 Å². The van der Waals surface area contributed by atoms with Gasteiger partial charge in [-0.2, -0.15) is 9.35 Å². The zero-order valence-electron chi connectivity index (χ0n) is 26.8. The van der Waals surface area contributed by atoms with Crippen molar-refractivity contribution in [1.82, 2.24) is 15.4 Å². The van der Waals surface area contributed by atoms with E-state index in [1.165, 1.54) is 19.2 Å². The molecule has 4 N–H and O–H groups in total. The number of aryl methyl sites for hydroxylation is 1. The molecule has 1 unspecified atom stereocenters. The highest BCUT2D eigenvalue weighted by molar-refractivity contribution is 7.80. The fourth-order valence-electron chi connectivity index (χ4n) is 5.45. The van der Waals surface area contributed by atoms with Crippen molar-refractivity contribution < 1.29 is 50.9 Å². The largest absolute Gasteiger partial charge is 0.724 e. The second-order valence-corrected chi connectivity index (χ2v) is 13.7. The van der Waals surface area contributed by atoms with Gasteiger partial charge in [-0.1, -0.05) is 17.3 Å². The van der Waals surface area contributed by atoms with E-state index in [9.17, 15) is 32.5 Å². The van der Waals surface area contributed by atoms with Crippen molar-refractivity contribution in [2.24, 2.45) is 18.1 Å². The molecule has 2 aliphatic heterocycles. The third kappa shape index (κ3) is 8.31. The number of carbonyl (C=O) groups excluding carboxylic acids is 2. The predicted octanol–water partition coefficient (Wildman–Crippen LogP) is 0.467. The topological polar surface area (TPSA) is 230 Å². The monoisotopic (exact) mass is 717 g/mol. The first-order valence-corrected chi connectivity index (χ1v) is 17.2. The minimum Gasteiger partial charge on any atom is -0.724 e. The number of rotatable bonds is 14. The number of benzene rings is 1. The molecule has 17 nitrogen and oxygen atoms in total. The quantitative estimate of drug-likeness (QED) is 0.0514. The molecule has 4 heterocycles. The highest BCUT2D eigenvalue weighted by Gasteiger charge is 2.57. The molecule has 2 aliphatic rings. The molecule has 0 bridgehead atoms. The number of nitrogen functional groups attached to an aromatic ring is 1. The van der Waals surface area contributed by atoms with Gasteiger partial charge in [0.2, 0.25) is 10.4 Å². The molecule has 0 saturated carbocycles. The van der Waals surface area contributed by atoms with Crippen LogP contribution < -0.4 is 25.3 Å². The number of nitrogens with zero attached hydrogens (tertiary/aromatic N) is 5. The van der Waals surface area contributed by atoms with Crippen LogP contribution in [-0.2, 0) is 41.0 Å². The Balaban J connectivity index is 1.24. The van der Waals surface area contributed by atoms with Crippen LogP contribution in [0.5, 0.6) is 5.75 Å². The second kappa shape index (κ2) is 14.4. The number of ether oxygens (including phenoxy) is 1. The first-order chi connectivity index (χ1) is 23.1. The summed E-state index contributed by atoms with van der Waals surface area (Å²) in [5, 5.41) is 18.8. The van der Waals surface area contributed by atoms with E-state index in [0.717, 1.165) is 54.5 Å². The lowest BCUT2D eigenvalue weighted by Gasteiger charge is -2.51. The van der Waals surface area contributed by atoms with Gasteiger partial charge in [0.05, 0.1) is 37.8 Å². The number of ketones is 1. The Hall–Kier alpha value is -4.69. The molecule has 0 radical (unpaired) electrons. The first kappa shape index (κ1) is 35.6. The van der Waals surface area contributed by atoms with Crippen LogP contribution in [-0.4, -0.2) is 95.9 Å². The molecule has 0 aliphatic carbocycles. The first-order valence-electron chi connectivity index (χ1n) is 15.0. The van der Waals surface area contributed by atoms with Gasteiger partial charge in [-0.3, -0.25) is 14.5 Å². The fourth-order valence-corrected chi connectivity index (χ4v) is 6.45. The maximum Gasteiger partial charge on any atom is 0.351 e. The highest BCUT2D eigenvalue weighted by Crippen LogP contribution is 2.40. The maximum absolute atomic E-state index is 13.3. The number of carbonyl (C=O) groups is 3. The molecular formula is C30H35N7O10S2. The number of pyridine rings is 1. The maximum atomic E-state index is 13.3. The summed E-state index contributed by atoms with van der Waals surface area (Å²) in [5.41, 5.74) is 5.84. The lowest BCUT2D eigenvalue weighted by Crippen LogP contribution is -2.68. The van der Waals surface area contributed by atoms with Gasteiger partial charge in [0.15, 0.2) is 16.6 Å².